The van der Waals surface area contributed by atoms with Gasteiger partial charge in [-0.1, -0.05) is 19.3 Å². The summed E-state index contributed by atoms with van der Waals surface area (Å²) in [5, 5.41) is 2.68. The summed E-state index contributed by atoms with van der Waals surface area (Å²) < 4.78 is 38.0. The maximum absolute atomic E-state index is 12.7. The normalized spacial score (nSPS) is 26.8. The highest BCUT2D eigenvalue weighted by Crippen LogP contribution is 2.48. The van der Waals surface area contributed by atoms with Crippen molar-refractivity contribution < 1.29 is 13.2 Å². The van der Waals surface area contributed by atoms with Crippen LogP contribution < -0.4 is 11.1 Å². The predicted octanol–water partition coefficient (Wildman–Crippen LogP) is 2.72. The summed E-state index contributed by atoms with van der Waals surface area (Å²) in [5.74, 6) is 0. The molecule has 0 saturated heterocycles. The molecule has 2 fully saturated rings. The van der Waals surface area contributed by atoms with Crippen LogP contribution in [-0.4, -0.2) is 23.8 Å². The van der Waals surface area contributed by atoms with Gasteiger partial charge in [0.15, 0.2) is 0 Å². The van der Waals surface area contributed by atoms with Gasteiger partial charge < -0.3 is 11.1 Å². The van der Waals surface area contributed by atoms with Crippen molar-refractivity contribution in [1.82, 2.24) is 5.32 Å². The molecule has 2 aliphatic carbocycles. The van der Waals surface area contributed by atoms with Gasteiger partial charge in [0, 0.05) is 5.54 Å². The van der Waals surface area contributed by atoms with Crippen molar-refractivity contribution in [3.63, 3.8) is 0 Å². The van der Waals surface area contributed by atoms with Gasteiger partial charge in [0.2, 0.25) is 0 Å². The molecule has 0 aromatic carbocycles. The third-order valence-electron chi connectivity index (χ3n) is 4.23. The molecule has 100 valence electrons. The highest BCUT2D eigenvalue weighted by atomic mass is 19.4. The van der Waals surface area contributed by atoms with Crippen LogP contribution in [0.2, 0.25) is 0 Å². The van der Waals surface area contributed by atoms with E-state index in [1.165, 1.54) is 6.42 Å². The molecule has 0 unspecified atom stereocenters. The standard InChI is InChI=1S/C12H21F3N2/c13-12(14,15)11(6-7-11)17-9-8-10(16)4-2-1-3-5-10/h17H,1-9,16H2. The minimum absolute atomic E-state index is 0.216. The van der Waals surface area contributed by atoms with E-state index in [4.69, 9.17) is 5.73 Å². The molecular formula is C12H21F3N2. The van der Waals surface area contributed by atoms with Crippen molar-refractivity contribution >= 4 is 0 Å². The lowest BCUT2D eigenvalue weighted by Crippen LogP contribution is -2.49. The first kappa shape index (κ1) is 13.1. The summed E-state index contributed by atoms with van der Waals surface area (Å²) in [6.07, 6.45) is 2.32. The molecule has 2 nitrogen and oxygen atoms in total. The quantitative estimate of drug-likeness (QED) is 0.805. The van der Waals surface area contributed by atoms with Gasteiger partial charge in [0.25, 0.3) is 0 Å². The fraction of sp³-hybridized carbons (Fsp3) is 1.00. The van der Waals surface area contributed by atoms with E-state index in [1.54, 1.807) is 0 Å². The summed E-state index contributed by atoms with van der Waals surface area (Å²) >= 11 is 0. The average molecular weight is 250 g/mol. The van der Waals surface area contributed by atoms with Gasteiger partial charge in [0.1, 0.15) is 5.54 Å². The van der Waals surface area contributed by atoms with Crippen LogP contribution in [0.1, 0.15) is 51.4 Å². The molecule has 0 aromatic rings. The van der Waals surface area contributed by atoms with Crippen molar-refractivity contribution in [3.8, 4) is 0 Å². The van der Waals surface area contributed by atoms with Crippen LogP contribution in [0.25, 0.3) is 0 Å². The lowest BCUT2D eigenvalue weighted by Gasteiger charge is -2.34. The van der Waals surface area contributed by atoms with Gasteiger partial charge in [-0.15, -0.1) is 0 Å². The molecule has 0 heterocycles. The van der Waals surface area contributed by atoms with Gasteiger partial charge in [-0.05, 0) is 38.6 Å². The Hall–Kier alpha value is -0.290. The molecule has 5 heteroatoms. The molecular weight excluding hydrogens is 229 g/mol. The van der Waals surface area contributed by atoms with Crippen LogP contribution in [0.5, 0.6) is 0 Å². The topological polar surface area (TPSA) is 38.0 Å². The molecule has 0 bridgehead atoms. The second kappa shape index (κ2) is 4.43. The number of hydrogen-bond acceptors (Lipinski definition) is 2. The van der Waals surface area contributed by atoms with Crippen molar-refractivity contribution in [1.29, 1.82) is 0 Å². The Morgan fingerprint density at radius 1 is 1.00 bits per heavy atom. The highest BCUT2D eigenvalue weighted by molar-refractivity contribution is 5.08. The van der Waals surface area contributed by atoms with Crippen molar-refractivity contribution in [2.75, 3.05) is 6.54 Å². The summed E-state index contributed by atoms with van der Waals surface area (Å²) in [6, 6.07) is 0. The Balaban J connectivity index is 1.76. The Morgan fingerprint density at radius 2 is 1.59 bits per heavy atom. The number of rotatable bonds is 4. The Bertz CT molecular complexity index is 265. The number of nitrogens with two attached hydrogens (primary N) is 1. The molecule has 2 aliphatic rings. The van der Waals surface area contributed by atoms with E-state index in [2.05, 4.69) is 5.32 Å². The summed E-state index contributed by atoms with van der Waals surface area (Å²) in [6.45, 7) is 0.385. The number of halogens is 3. The number of hydrogen-bond donors (Lipinski definition) is 2. The van der Waals surface area contributed by atoms with Gasteiger partial charge in [-0.2, -0.15) is 13.2 Å². The zero-order valence-electron chi connectivity index (χ0n) is 10.1. The number of alkyl halides is 3. The van der Waals surface area contributed by atoms with Crippen LogP contribution in [0.3, 0.4) is 0 Å². The predicted molar refractivity (Wildman–Crippen MR) is 60.6 cm³/mol. The largest absolute Gasteiger partial charge is 0.406 e. The van der Waals surface area contributed by atoms with Crippen molar-refractivity contribution in [3.05, 3.63) is 0 Å². The Kier molecular flexibility index (Phi) is 3.42. The SMILES string of the molecule is NC1(CCNC2(C(F)(F)F)CC2)CCCCC1. The first-order chi connectivity index (χ1) is 7.87. The molecule has 0 amide bonds. The van der Waals surface area contributed by atoms with Crippen LogP contribution in [0.15, 0.2) is 0 Å². The smallest absolute Gasteiger partial charge is 0.325 e. The monoisotopic (exact) mass is 250 g/mol. The van der Waals surface area contributed by atoms with E-state index < -0.39 is 11.7 Å². The van der Waals surface area contributed by atoms with E-state index in [0.717, 1.165) is 25.7 Å². The minimum atomic E-state index is -4.11. The summed E-state index contributed by atoms with van der Waals surface area (Å²) in [5.41, 5.74) is 4.38. The van der Waals surface area contributed by atoms with Gasteiger partial charge in [-0.25, -0.2) is 0 Å². The zero-order valence-corrected chi connectivity index (χ0v) is 10.1. The zero-order chi connectivity index (χ0) is 12.6. The van der Waals surface area contributed by atoms with E-state index >= 15 is 0 Å². The average Bonchev–Trinajstić information content (AvgIpc) is 2.99. The molecule has 2 saturated carbocycles. The maximum Gasteiger partial charge on any atom is 0.406 e. The number of nitrogens with one attached hydrogen (secondary N) is 1. The molecule has 0 aromatic heterocycles. The molecule has 17 heavy (non-hydrogen) atoms. The summed E-state index contributed by atoms with van der Waals surface area (Å²) in [4.78, 5) is 0. The lowest BCUT2D eigenvalue weighted by molar-refractivity contribution is -0.165. The fourth-order valence-corrected chi connectivity index (χ4v) is 2.74. The maximum atomic E-state index is 12.7. The molecule has 2 rings (SSSR count). The third kappa shape index (κ3) is 2.94. The molecule has 3 N–H and O–H groups in total. The van der Waals surface area contributed by atoms with E-state index in [0.29, 0.717) is 13.0 Å². The molecule has 0 atom stereocenters. The Labute approximate surface area is 100 Å². The first-order valence-corrected chi connectivity index (χ1v) is 6.48. The minimum Gasteiger partial charge on any atom is -0.325 e. The van der Waals surface area contributed by atoms with Crippen LogP contribution in [0, 0.1) is 0 Å². The molecule has 0 aliphatic heterocycles. The van der Waals surface area contributed by atoms with Crippen molar-refractivity contribution in [2.24, 2.45) is 5.73 Å². The van der Waals surface area contributed by atoms with Crippen LogP contribution in [0.4, 0.5) is 13.2 Å². The Morgan fingerprint density at radius 3 is 2.06 bits per heavy atom. The van der Waals surface area contributed by atoms with Crippen LogP contribution >= 0.6 is 0 Å². The first-order valence-electron chi connectivity index (χ1n) is 6.48. The fourth-order valence-electron chi connectivity index (χ4n) is 2.74. The van der Waals surface area contributed by atoms with Gasteiger partial charge in [-0.3, -0.25) is 0 Å². The molecule has 0 radical (unpaired) electrons. The van der Waals surface area contributed by atoms with Gasteiger partial charge >= 0.3 is 6.18 Å². The van der Waals surface area contributed by atoms with E-state index in [-0.39, 0.29) is 18.4 Å². The van der Waals surface area contributed by atoms with Crippen LogP contribution in [-0.2, 0) is 0 Å². The summed E-state index contributed by atoms with van der Waals surface area (Å²) in [7, 11) is 0. The molecule has 0 spiro atoms. The second-order valence-corrected chi connectivity index (χ2v) is 5.68. The second-order valence-electron chi connectivity index (χ2n) is 5.68. The van der Waals surface area contributed by atoms with Crippen molar-refractivity contribution in [2.45, 2.75) is 68.6 Å². The van der Waals surface area contributed by atoms with E-state index in [9.17, 15) is 13.2 Å². The van der Waals surface area contributed by atoms with E-state index in [1.807, 2.05) is 0 Å². The lowest BCUT2D eigenvalue weighted by atomic mass is 9.80. The van der Waals surface area contributed by atoms with Gasteiger partial charge in [0.05, 0.1) is 0 Å². The third-order valence-corrected chi connectivity index (χ3v) is 4.23. The highest BCUT2D eigenvalue weighted by Gasteiger charge is 2.62.